The van der Waals surface area contributed by atoms with Gasteiger partial charge in [-0.25, -0.2) is 0 Å². The lowest BCUT2D eigenvalue weighted by atomic mass is 10.2. The predicted molar refractivity (Wildman–Crippen MR) is 101 cm³/mol. The van der Waals surface area contributed by atoms with Gasteiger partial charge in [-0.3, -0.25) is 9.59 Å². The summed E-state index contributed by atoms with van der Waals surface area (Å²) in [6, 6.07) is 8.84. The molecule has 3 rings (SSSR count). The molecule has 6 nitrogen and oxygen atoms in total. The Morgan fingerprint density at radius 2 is 1.92 bits per heavy atom. The van der Waals surface area contributed by atoms with E-state index in [-0.39, 0.29) is 11.8 Å². The Hall–Kier alpha value is -2.09. The molecule has 1 aromatic carbocycles. The topological polar surface area (TPSA) is 70.7 Å². The fourth-order valence-electron chi connectivity index (χ4n) is 2.61. The van der Waals surface area contributed by atoms with E-state index in [1.807, 2.05) is 12.1 Å². The van der Waals surface area contributed by atoms with Crippen LogP contribution in [0.4, 0.5) is 16.4 Å². The van der Waals surface area contributed by atoms with E-state index < -0.39 is 0 Å². The number of carbonyl (C=O) groups is 2. The summed E-state index contributed by atoms with van der Waals surface area (Å²) in [5.41, 5.74) is 1.47. The third-order valence-corrected chi connectivity index (χ3v) is 5.00. The van der Waals surface area contributed by atoms with Gasteiger partial charge in [0, 0.05) is 20.0 Å². The molecule has 1 saturated heterocycles. The van der Waals surface area contributed by atoms with Crippen LogP contribution < -0.4 is 15.5 Å². The monoisotopic (exact) mass is 379 g/mol. The van der Waals surface area contributed by atoms with Gasteiger partial charge < -0.3 is 20.3 Å². The number of rotatable bonds is 4. The van der Waals surface area contributed by atoms with Gasteiger partial charge in [-0.05, 0) is 24.3 Å². The van der Waals surface area contributed by atoms with Crippen LogP contribution in [0.25, 0.3) is 0 Å². The quantitative estimate of drug-likeness (QED) is 0.853. The van der Waals surface area contributed by atoms with Crippen LogP contribution in [0.2, 0.25) is 5.02 Å². The zero-order valence-electron chi connectivity index (χ0n) is 13.7. The summed E-state index contributed by atoms with van der Waals surface area (Å²) in [6.45, 7) is 4.13. The third kappa shape index (κ3) is 4.31. The molecule has 2 aromatic rings. The summed E-state index contributed by atoms with van der Waals surface area (Å²) in [4.78, 5) is 26.3. The van der Waals surface area contributed by atoms with Gasteiger partial charge in [0.2, 0.25) is 5.91 Å². The van der Waals surface area contributed by atoms with Crippen LogP contribution in [0.3, 0.4) is 0 Å². The highest BCUT2D eigenvalue weighted by Crippen LogP contribution is 2.35. The maximum Gasteiger partial charge on any atom is 0.265 e. The number of carbonyl (C=O) groups excluding carboxylic acids is 2. The van der Waals surface area contributed by atoms with Crippen molar-refractivity contribution in [2.45, 2.75) is 6.92 Å². The van der Waals surface area contributed by atoms with E-state index in [2.05, 4.69) is 15.5 Å². The van der Waals surface area contributed by atoms with Gasteiger partial charge >= 0.3 is 0 Å². The van der Waals surface area contributed by atoms with E-state index in [9.17, 15) is 9.59 Å². The highest BCUT2D eigenvalue weighted by Gasteiger charge is 2.20. The van der Waals surface area contributed by atoms with Crippen LogP contribution in [0.5, 0.6) is 0 Å². The number of nitrogens with zero attached hydrogens (tertiary/aromatic N) is 1. The first kappa shape index (κ1) is 17.7. The fraction of sp³-hybridized carbons (Fsp3) is 0.294. The van der Waals surface area contributed by atoms with Crippen LogP contribution in [-0.2, 0) is 9.53 Å². The molecule has 0 radical (unpaired) electrons. The molecule has 1 aliphatic heterocycles. The Labute approximate surface area is 154 Å². The molecule has 132 valence electrons. The predicted octanol–water partition coefficient (Wildman–Crippen LogP) is 3.45. The second-order valence-corrected chi connectivity index (χ2v) is 7.03. The summed E-state index contributed by atoms with van der Waals surface area (Å²) < 4.78 is 5.38. The molecule has 0 atom stereocenters. The highest BCUT2D eigenvalue weighted by atomic mass is 35.5. The summed E-state index contributed by atoms with van der Waals surface area (Å²) in [6.07, 6.45) is 0. The number of amides is 2. The second-order valence-electron chi connectivity index (χ2n) is 5.53. The number of morpholine rings is 1. The van der Waals surface area contributed by atoms with Gasteiger partial charge in [0.1, 0.15) is 0 Å². The maximum atomic E-state index is 12.6. The molecule has 0 bridgehead atoms. The van der Waals surface area contributed by atoms with E-state index in [0.717, 1.165) is 18.8 Å². The molecule has 2 heterocycles. The Bertz CT molecular complexity index is 787. The molecule has 1 aliphatic rings. The number of hydrogen-bond donors (Lipinski definition) is 2. The number of halogens is 1. The zero-order chi connectivity index (χ0) is 17.8. The minimum absolute atomic E-state index is 0.168. The largest absolute Gasteiger partial charge is 0.378 e. The lowest BCUT2D eigenvalue weighted by Gasteiger charge is -2.31. The first-order chi connectivity index (χ1) is 12.0. The van der Waals surface area contributed by atoms with Gasteiger partial charge in [-0.2, -0.15) is 0 Å². The van der Waals surface area contributed by atoms with Crippen LogP contribution >= 0.6 is 22.9 Å². The van der Waals surface area contributed by atoms with Gasteiger partial charge in [-0.1, -0.05) is 17.7 Å². The Morgan fingerprint density at radius 3 is 2.64 bits per heavy atom. The number of anilines is 3. The average molecular weight is 380 g/mol. The second kappa shape index (κ2) is 7.86. The van der Waals surface area contributed by atoms with Crippen LogP contribution in [0, 0.1) is 0 Å². The van der Waals surface area contributed by atoms with Crippen LogP contribution in [0.1, 0.15) is 16.6 Å². The maximum absolute atomic E-state index is 12.6. The normalized spacial score (nSPS) is 14.2. The molecule has 0 aliphatic carbocycles. The first-order valence-electron chi connectivity index (χ1n) is 7.84. The van der Waals surface area contributed by atoms with E-state index in [4.69, 9.17) is 16.3 Å². The van der Waals surface area contributed by atoms with Crippen molar-refractivity contribution in [3.05, 3.63) is 40.2 Å². The smallest absolute Gasteiger partial charge is 0.265 e. The SMILES string of the molecule is CC(=O)Nc1ccc(C(=O)Nc2cccc(Cl)c2N2CCOCC2)s1. The third-order valence-electron chi connectivity index (χ3n) is 3.69. The van der Waals surface area contributed by atoms with Crippen molar-refractivity contribution >= 4 is 51.1 Å². The van der Waals surface area contributed by atoms with E-state index in [1.54, 1.807) is 18.2 Å². The van der Waals surface area contributed by atoms with Crippen molar-refractivity contribution < 1.29 is 14.3 Å². The minimum Gasteiger partial charge on any atom is -0.378 e. The molecule has 0 saturated carbocycles. The van der Waals surface area contributed by atoms with Crippen molar-refractivity contribution in [3.63, 3.8) is 0 Å². The number of para-hydroxylation sites is 1. The Kier molecular flexibility index (Phi) is 5.57. The number of ether oxygens (including phenoxy) is 1. The summed E-state index contributed by atoms with van der Waals surface area (Å²) >= 11 is 7.60. The van der Waals surface area contributed by atoms with Crippen molar-refractivity contribution in [1.82, 2.24) is 0 Å². The summed E-state index contributed by atoms with van der Waals surface area (Å²) in [5.74, 6) is -0.406. The average Bonchev–Trinajstić information content (AvgIpc) is 3.03. The van der Waals surface area contributed by atoms with Crippen molar-refractivity contribution in [2.24, 2.45) is 0 Å². The van der Waals surface area contributed by atoms with Crippen molar-refractivity contribution in [1.29, 1.82) is 0 Å². The van der Waals surface area contributed by atoms with Crippen LogP contribution in [-0.4, -0.2) is 38.1 Å². The molecule has 0 spiro atoms. The molecular formula is C17H18ClN3O3S. The number of benzene rings is 1. The molecule has 0 unspecified atom stereocenters. The van der Waals surface area contributed by atoms with Gasteiger partial charge in [0.25, 0.3) is 5.91 Å². The molecule has 1 fully saturated rings. The van der Waals surface area contributed by atoms with Gasteiger partial charge in [0.05, 0.1) is 39.5 Å². The number of hydrogen-bond acceptors (Lipinski definition) is 5. The Morgan fingerprint density at radius 1 is 1.16 bits per heavy atom. The molecule has 8 heteroatoms. The van der Waals surface area contributed by atoms with Gasteiger partial charge in [0.15, 0.2) is 0 Å². The first-order valence-corrected chi connectivity index (χ1v) is 9.04. The van der Waals surface area contributed by atoms with Crippen molar-refractivity contribution in [2.75, 3.05) is 41.8 Å². The number of thiophene rings is 1. The minimum atomic E-state index is -0.238. The van der Waals surface area contributed by atoms with Crippen molar-refractivity contribution in [3.8, 4) is 0 Å². The van der Waals surface area contributed by atoms with E-state index in [1.165, 1.54) is 18.3 Å². The highest BCUT2D eigenvalue weighted by molar-refractivity contribution is 7.18. The number of nitrogens with one attached hydrogen (secondary N) is 2. The molecule has 25 heavy (non-hydrogen) atoms. The standard InChI is InChI=1S/C17H18ClN3O3S/c1-11(22)19-15-6-5-14(25-15)17(23)20-13-4-2-3-12(18)16(13)21-7-9-24-10-8-21/h2-6H,7-10H2,1H3,(H,19,22)(H,20,23). The van der Waals surface area contributed by atoms with Gasteiger partial charge in [-0.15, -0.1) is 11.3 Å². The zero-order valence-corrected chi connectivity index (χ0v) is 15.2. The van der Waals surface area contributed by atoms with Crippen LogP contribution in [0.15, 0.2) is 30.3 Å². The fourth-order valence-corrected chi connectivity index (χ4v) is 3.75. The molecule has 2 N–H and O–H groups in total. The van der Waals surface area contributed by atoms with E-state index >= 15 is 0 Å². The Balaban J connectivity index is 1.80. The summed E-state index contributed by atoms with van der Waals surface area (Å²) in [5, 5.41) is 6.82. The summed E-state index contributed by atoms with van der Waals surface area (Å²) in [7, 11) is 0. The molecular weight excluding hydrogens is 362 g/mol. The molecule has 2 amide bonds. The lowest BCUT2D eigenvalue weighted by Crippen LogP contribution is -2.37. The van der Waals surface area contributed by atoms with E-state index in [0.29, 0.717) is 33.8 Å². The lowest BCUT2D eigenvalue weighted by molar-refractivity contribution is -0.114. The molecule has 1 aromatic heterocycles.